The van der Waals surface area contributed by atoms with E-state index in [0.29, 0.717) is 6.42 Å². The first-order chi connectivity index (χ1) is 13.2. The molecule has 3 aromatic rings. The third kappa shape index (κ3) is 3.85. The van der Waals surface area contributed by atoms with Crippen LogP contribution in [0.3, 0.4) is 0 Å². The number of anilines is 1. The Morgan fingerprint density at radius 2 is 2.00 bits per heavy atom. The molecule has 2 atom stereocenters. The van der Waals surface area contributed by atoms with E-state index in [1.807, 2.05) is 54.6 Å². The molecule has 0 bridgehead atoms. The number of para-hydroxylation sites is 1. The maximum atomic E-state index is 12.9. The molecule has 4 rings (SSSR count). The van der Waals surface area contributed by atoms with Gasteiger partial charge in [-0.2, -0.15) is 0 Å². The molecule has 2 heterocycles. The first-order valence-electron chi connectivity index (χ1n) is 9.16. The molecule has 0 spiro atoms. The van der Waals surface area contributed by atoms with Crippen LogP contribution in [-0.2, 0) is 16.0 Å². The lowest BCUT2D eigenvalue weighted by molar-refractivity contribution is -0.124. The quantitative estimate of drug-likeness (QED) is 0.668. The van der Waals surface area contributed by atoms with Crippen LogP contribution in [0.4, 0.5) is 5.13 Å². The number of hydrogen-bond acceptors (Lipinski definition) is 5. The van der Waals surface area contributed by atoms with Crippen LogP contribution in [-0.4, -0.2) is 35.8 Å². The molecule has 1 fully saturated rings. The second-order valence-corrected chi connectivity index (χ2v) is 7.77. The number of fused-ring (bicyclic) bond motifs is 1. The maximum absolute atomic E-state index is 12.9. The Bertz CT molecular complexity index is 908. The van der Waals surface area contributed by atoms with Crippen LogP contribution in [0.25, 0.3) is 10.2 Å². The molecular weight excluding hydrogens is 358 g/mol. The largest absolute Gasteiger partial charge is 0.344 e. The number of amides is 1. The van der Waals surface area contributed by atoms with Gasteiger partial charge in [-0.25, -0.2) is 4.98 Å². The van der Waals surface area contributed by atoms with Crippen molar-refractivity contribution in [3.05, 3.63) is 60.2 Å². The number of aldehydes is 1. The zero-order chi connectivity index (χ0) is 18.6. The summed E-state index contributed by atoms with van der Waals surface area (Å²) in [6, 6.07) is 16.9. The molecule has 1 aliphatic heterocycles. The zero-order valence-electron chi connectivity index (χ0n) is 14.9. The van der Waals surface area contributed by atoms with Crippen molar-refractivity contribution in [2.24, 2.45) is 0 Å². The van der Waals surface area contributed by atoms with Crippen molar-refractivity contribution in [2.75, 3.05) is 11.4 Å². The predicted octanol–water partition coefficient (Wildman–Crippen LogP) is 3.19. The van der Waals surface area contributed by atoms with Crippen LogP contribution in [0.5, 0.6) is 0 Å². The maximum Gasteiger partial charge on any atom is 0.243 e. The van der Waals surface area contributed by atoms with Gasteiger partial charge >= 0.3 is 0 Å². The summed E-state index contributed by atoms with van der Waals surface area (Å²) in [5.74, 6) is -0.0974. The zero-order valence-corrected chi connectivity index (χ0v) is 15.7. The van der Waals surface area contributed by atoms with Gasteiger partial charge in [-0.05, 0) is 37.0 Å². The molecule has 27 heavy (non-hydrogen) atoms. The summed E-state index contributed by atoms with van der Waals surface area (Å²) < 4.78 is 1.12. The fourth-order valence-corrected chi connectivity index (χ4v) is 4.57. The van der Waals surface area contributed by atoms with Crippen molar-refractivity contribution in [3.8, 4) is 0 Å². The molecule has 1 amide bonds. The third-order valence-corrected chi connectivity index (χ3v) is 5.95. The molecule has 2 unspecified atom stereocenters. The number of aromatic nitrogens is 1. The number of carbonyl (C=O) groups excluding carboxylic acids is 2. The van der Waals surface area contributed by atoms with Crippen molar-refractivity contribution in [3.63, 3.8) is 0 Å². The van der Waals surface area contributed by atoms with Crippen molar-refractivity contribution in [1.82, 2.24) is 10.3 Å². The van der Waals surface area contributed by atoms with E-state index in [1.54, 1.807) is 11.3 Å². The number of rotatable bonds is 6. The minimum atomic E-state index is -0.516. The fourth-order valence-electron chi connectivity index (χ4n) is 3.53. The normalized spacial score (nSPS) is 17.8. The molecule has 1 saturated heterocycles. The minimum absolute atomic E-state index is 0.0974. The van der Waals surface area contributed by atoms with E-state index in [1.165, 1.54) is 0 Å². The Morgan fingerprint density at radius 3 is 2.78 bits per heavy atom. The smallest absolute Gasteiger partial charge is 0.243 e. The highest BCUT2D eigenvalue weighted by Crippen LogP contribution is 2.33. The second-order valence-electron chi connectivity index (χ2n) is 6.76. The molecule has 2 aromatic carbocycles. The number of benzene rings is 2. The van der Waals surface area contributed by atoms with Gasteiger partial charge in [-0.3, -0.25) is 4.79 Å². The van der Waals surface area contributed by atoms with Gasteiger partial charge < -0.3 is 15.0 Å². The Hall–Kier alpha value is -2.73. The van der Waals surface area contributed by atoms with Gasteiger partial charge in [0, 0.05) is 6.54 Å². The van der Waals surface area contributed by atoms with Gasteiger partial charge in [-0.1, -0.05) is 53.8 Å². The monoisotopic (exact) mass is 379 g/mol. The summed E-state index contributed by atoms with van der Waals surface area (Å²) in [7, 11) is 0. The minimum Gasteiger partial charge on any atom is -0.344 e. The van der Waals surface area contributed by atoms with Gasteiger partial charge in [0.2, 0.25) is 5.91 Å². The van der Waals surface area contributed by atoms with E-state index < -0.39 is 6.04 Å². The topological polar surface area (TPSA) is 62.3 Å². The molecule has 0 saturated carbocycles. The average Bonchev–Trinajstić information content (AvgIpc) is 3.34. The Balaban J connectivity index is 1.47. The highest BCUT2D eigenvalue weighted by Gasteiger charge is 2.33. The van der Waals surface area contributed by atoms with Gasteiger partial charge in [0.1, 0.15) is 12.3 Å². The van der Waals surface area contributed by atoms with Gasteiger partial charge in [0.15, 0.2) is 5.13 Å². The van der Waals surface area contributed by atoms with Crippen LogP contribution in [0, 0.1) is 0 Å². The molecule has 6 heteroatoms. The SMILES string of the molecule is O=CC(Cc1ccccc1)NC(=O)C1CCCN1c1nc2ccccc2s1. The summed E-state index contributed by atoms with van der Waals surface area (Å²) in [6.45, 7) is 0.808. The lowest BCUT2D eigenvalue weighted by Gasteiger charge is -2.24. The fraction of sp³-hybridized carbons (Fsp3) is 0.286. The molecule has 0 aliphatic carbocycles. The van der Waals surface area contributed by atoms with Crippen LogP contribution in [0.15, 0.2) is 54.6 Å². The number of thiazole rings is 1. The van der Waals surface area contributed by atoms with E-state index in [2.05, 4.69) is 15.2 Å². The second kappa shape index (κ2) is 7.88. The summed E-state index contributed by atoms with van der Waals surface area (Å²) in [6.07, 6.45) is 3.04. The third-order valence-electron chi connectivity index (χ3n) is 4.87. The highest BCUT2D eigenvalue weighted by molar-refractivity contribution is 7.22. The average molecular weight is 379 g/mol. The molecule has 1 aliphatic rings. The first kappa shape index (κ1) is 17.7. The van der Waals surface area contributed by atoms with Crippen molar-refractivity contribution >= 4 is 38.9 Å². The number of carbonyl (C=O) groups is 2. The first-order valence-corrected chi connectivity index (χ1v) is 9.98. The van der Waals surface area contributed by atoms with E-state index in [-0.39, 0.29) is 11.9 Å². The van der Waals surface area contributed by atoms with E-state index >= 15 is 0 Å². The lowest BCUT2D eigenvalue weighted by atomic mass is 10.1. The number of nitrogens with one attached hydrogen (secondary N) is 1. The van der Waals surface area contributed by atoms with Crippen LogP contribution < -0.4 is 10.2 Å². The Labute approximate surface area is 162 Å². The predicted molar refractivity (Wildman–Crippen MR) is 108 cm³/mol. The standard InChI is InChI=1S/C21H21N3O2S/c25-14-16(13-15-7-2-1-3-8-15)22-20(26)18-10-6-12-24(18)21-23-17-9-4-5-11-19(17)27-21/h1-5,7-9,11,14,16,18H,6,10,12-13H2,(H,22,26). The van der Waals surface area contributed by atoms with Gasteiger partial charge in [0.25, 0.3) is 0 Å². The summed E-state index contributed by atoms with van der Waals surface area (Å²) in [5, 5.41) is 3.79. The van der Waals surface area contributed by atoms with E-state index in [9.17, 15) is 9.59 Å². The number of hydrogen-bond donors (Lipinski definition) is 1. The molecule has 1 N–H and O–H groups in total. The molecule has 1 aromatic heterocycles. The molecule has 138 valence electrons. The van der Waals surface area contributed by atoms with Crippen LogP contribution in [0.2, 0.25) is 0 Å². The van der Waals surface area contributed by atoms with E-state index in [4.69, 9.17) is 0 Å². The van der Waals surface area contributed by atoms with Crippen molar-refractivity contribution < 1.29 is 9.59 Å². The lowest BCUT2D eigenvalue weighted by Crippen LogP contribution is -2.48. The summed E-state index contributed by atoms with van der Waals surface area (Å²) in [4.78, 5) is 31.1. The molecular formula is C21H21N3O2S. The van der Waals surface area contributed by atoms with Gasteiger partial charge in [-0.15, -0.1) is 0 Å². The van der Waals surface area contributed by atoms with Gasteiger partial charge in [0.05, 0.1) is 16.3 Å². The van der Waals surface area contributed by atoms with Crippen molar-refractivity contribution in [2.45, 2.75) is 31.3 Å². The van der Waals surface area contributed by atoms with E-state index in [0.717, 1.165) is 46.6 Å². The van der Waals surface area contributed by atoms with Crippen LogP contribution >= 0.6 is 11.3 Å². The van der Waals surface area contributed by atoms with Crippen molar-refractivity contribution in [1.29, 1.82) is 0 Å². The highest BCUT2D eigenvalue weighted by atomic mass is 32.1. The summed E-state index contributed by atoms with van der Waals surface area (Å²) in [5.41, 5.74) is 1.99. The molecule has 0 radical (unpaired) electrons. The van der Waals surface area contributed by atoms with Crippen LogP contribution in [0.1, 0.15) is 18.4 Å². The Morgan fingerprint density at radius 1 is 1.22 bits per heavy atom. The summed E-state index contributed by atoms with van der Waals surface area (Å²) >= 11 is 1.61. The number of nitrogens with zero attached hydrogens (tertiary/aromatic N) is 2. The molecule has 5 nitrogen and oxygen atoms in total. The Kier molecular flexibility index (Phi) is 5.16.